The maximum Gasteiger partial charge on any atom is 0.306 e. The fourth-order valence-electron chi connectivity index (χ4n) is 2.75. The van der Waals surface area contributed by atoms with Gasteiger partial charge in [0, 0.05) is 19.0 Å². The molecule has 3 N–H and O–H groups in total. The van der Waals surface area contributed by atoms with Crippen molar-refractivity contribution in [3.05, 3.63) is 24.2 Å². The first-order valence-electron chi connectivity index (χ1n) is 7.19. The fourth-order valence-corrected chi connectivity index (χ4v) is 2.75. The van der Waals surface area contributed by atoms with Gasteiger partial charge in [-0.25, -0.2) is 0 Å². The molecule has 0 spiro atoms. The number of aliphatic hydroxyl groups is 1. The Bertz CT molecular complexity index is 421. The molecule has 1 fully saturated rings. The lowest BCUT2D eigenvalue weighted by Crippen LogP contribution is -2.47. The molecule has 0 aliphatic heterocycles. The molecule has 112 valence electrons. The van der Waals surface area contributed by atoms with E-state index in [1.807, 2.05) is 12.1 Å². The van der Waals surface area contributed by atoms with Crippen molar-refractivity contribution in [2.45, 2.75) is 50.7 Å². The van der Waals surface area contributed by atoms with E-state index in [9.17, 15) is 9.90 Å². The first kappa shape index (κ1) is 15.1. The monoisotopic (exact) mass is 281 g/mol. The van der Waals surface area contributed by atoms with Gasteiger partial charge < -0.3 is 19.9 Å². The van der Waals surface area contributed by atoms with Crippen LogP contribution in [0.1, 0.15) is 38.4 Å². The third kappa shape index (κ3) is 4.08. The molecular weight excluding hydrogens is 258 g/mol. The van der Waals surface area contributed by atoms with E-state index in [0.717, 1.165) is 12.2 Å². The number of hydrogen-bond donors (Lipinski definition) is 3. The first-order chi connectivity index (χ1) is 9.48. The van der Waals surface area contributed by atoms with E-state index in [-0.39, 0.29) is 12.0 Å². The normalized spacial score (nSPS) is 28.2. The summed E-state index contributed by atoms with van der Waals surface area (Å²) in [7, 11) is 0. The molecular formula is C15H23NO4. The molecule has 1 heterocycles. The largest absolute Gasteiger partial charge is 0.481 e. The van der Waals surface area contributed by atoms with Crippen molar-refractivity contribution >= 4 is 5.97 Å². The zero-order chi connectivity index (χ0) is 14.6. The Morgan fingerprint density at radius 3 is 2.80 bits per heavy atom. The van der Waals surface area contributed by atoms with Crippen molar-refractivity contribution < 1.29 is 19.4 Å². The van der Waals surface area contributed by atoms with Crippen molar-refractivity contribution in [3.8, 4) is 0 Å². The number of furan rings is 1. The van der Waals surface area contributed by atoms with Crippen LogP contribution in [-0.2, 0) is 11.2 Å². The molecule has 20 heavy (non-hydrogen) atoms. The van der Waals surface area contributed by atoms with E-state index in [2.05, 4.69) is 12.2 Å². The molecule has 0 saturated heterocycles. The second kappa shape index (κ2) is 6.41. The molecule has 1 aromatic rings. The maximum absolute atomic E-state index is 10.9. The van der Waals surface area contributed by atoms with Crippen molar-refractivity contribution in [1.82, 2.24) is 5.32 Å². The molecule has 2 rings (SSSR count). The van der Waals surface area contributed by atoms with Gasteiger partial charge in [0.1, 0.15) is 5.76 Å². The highest BCUT2D eigenvalue weighted by molar-refractivity contribution is 5.70. The Balaban J connectivity index is 1.74. The third-order valence-corrected chi connectivity index (χ3v) is 4.13. The maximum atomic E-state index is 10.9. The van der Waals surface area contributed by atoms with E-state index in [0.29, 0.717) is 32.2 Å². The molecule has 1 aromatic heterocycles. The lowest BCUT2D eigenvalue weighted by molar-refractivity contribution is -0.144. The van der Waals surface area contributed by atoms with Crippen LogP contribution in [0.4, 0.5) is 0 Å². The topological polar surface area (TPSA) is 82.7 Å². The molecule has 1 aliphatic carbocycles. The van der Waals surface area contributed by atoms with Gasteiger partial charge in [0.05, 0.1) is 17.8 Å². The number of nitrogens with one attached hydrogen (secondary N) is 1. The molecule has 0 radical (unpaired) electrons. The average Bonchev–Trinajstić information content (AvgIpc) is 2.90. The molecule has 1 atom stereocenters. The van der Waals surface area contributed by atoms with Gasteiger partial charge in [-0.3, -0.25) is 4.79 Å². The van der Waals surface area contributed by atoms with Crippen LogP contribution in [0.3, 0.4) is 0 Å². The quantitative estimate of drug-likeness (QED) is 0.740. The molecule has 1 aliphatic rings. The summed E-state index contributed by atoms with van der Waals surface area (Å²) in [6, 6.07) is 4.01. The Kier molecular flexibility index (Phi) is 4.83. The average molecular weight is 281 g/mol. The van der Waals surface area contributed by atoms with Crippen LogP contribution >= 0.6 is 0 Å². The minimum Gasteiger partial charge on any atom is -0.481 e. The van der Waals surface area contributed by atoms with Crippen LogP contribution in [0, 0.1) is 5.92 Å². The van der Waals surface area contributed by atoms with Crippen molar-refractivity contribution in [1.29, 1.82) is 0 Å². The molecule has 0 amide bonds. The van der Waals surface area contributed by atoms with Gasteiger partial charge in [0.25, 0.3) is 0 Å². The van der Waals surface area contributed by atoms with Crippen molar-refractivity contribution in [2.75, 3.05) is 6.54 Å². The molecule has 5 nitrogen and oxygen atoms in total. The van der Waals surface area contributed by atoms with Crippen molar-refractivity contribution in [2.24, 2.45) is 5.92 Å². The summed E-state index contributed by atoms with van der Waals surface area (Å²) in [5.41, 5.74) is -0.774. The number of aliphatic carboxylic acids is 1. The van der Waals surface area contributed by atoms with Gasteiger partial charge in [-0.15, -0.1) is 0 Å². The summed E-state index contributed by atoms with van der Waals surface area (Å²) in [6.07, 6.45) is 4.64. The summed E-state index contributed by atoms with van der Waals surface area (Å²) in [6.45, 7) is 2.55. The third-order valence-electron chi connectivity index (χ3n) is 4.13. The highest BCUT2D eigenvalue weighted by atomic mass is 16.4. The zero-order valence-electron chi connectivity index (χ0n) is 11.8. The van der Waals surface area contributed by atoms with Gasteiger partial charge in [-0.2, -0.15) is 0 Å². The van der Waals surface area contributed by atoms with E-state index >= 15 is 0 Å². The number of hydrogen-bond acceptors (Lipinski definition) is 4. The van der Waals surface area contributed by atoms with E-state index in [1.54, 1.807) is 6.26 Å². The lowest BCUT2D eigenvalue weighted by atomic mass is 9.78. The number of carboxylic acids is 1. The summed E-state index contributed by atoms with van der Waals surface area (Å²) in [4.78, 5) is 10.9. The first-order valence-corrected chi connectivity index (χ1v) is 7.19. The Morgan fingerprint density at radius 1 is 1.55 bits per heavy atom. The second-order valence-corrected chi connectivity index (χ2v) is 5.90. The molecule has 5 heteroatoms. The summed E-state index contributed by atoms with van der Waals surface area (Å²) >= 11 is 0. The van der Waals surface area contributed by atoms with Crippen molar-refractivity contribution in [3.63, 3.8) is 0 Å². The fraction of sp³-hybridized carbons (Fsp3) is 0.667. The summed E-state index contributed by atoms with van der Waals surface area (Å²) < 4.78 is 5.29. The number of carbonyl (C=O) groups is 1. The van der Waals surface area contributed by atoms with Crippen LogP contribution in [0.25, 0.3) is 0 Å². The smallest absolute Gasteiger partial charge is 0.306 e. The Hall–Kier alpha value is -1.33. The number of rotatable bonds is 6. The van der Waals surface area contributed by atoms with Crippen LogP contribution in [0.5, 0.6) is 0 Å². The van der Waals surface area contributed by atoms with Gasteiger partial charge in [-0.05, 0) is 44.7 Å². The molecule has 0 aromatic carbocycles. The second-order valence-electron chi connectivity index (χ2n) is 5.90. The predicted molar refractivity (Wildman–Crippen MR) is 74.4 cm³/mol. The summed E-state index contributed by atoms with van der Waals surface area (Å²) in [5.74, 6) is -0.117. The van der Waals surface area contributed by atoms with Crippen LogP contribution in [0.2, 0.25) is 0 Å². The Labute approximate surface area is 119 Å². The van der Waals surface area contributed by atoms with Crippen LogP contribution in [-0.4, -0.2) is 34.4 Å². The SMILES string of the molecule is CC(Cc1ccco1)NCC1(O)CCC(C(=O)O)CC1. The van der Waals surface area contributed by atoms with Crippen LogP contribution in [0.15, 0.2) is 22.8 Å². The van der Waals surface area contributed by atoms with Gasteiger partial charge in [0.15, 0.2) is 0 Å². The van der Waals surface area contributed by atoms with E-state index in [1.165, 1.54) is 0 Å². The Morgan fingerprint density at radius 2 is 2.25 bits per heavy atom. The minimum atomic E-state index is -0.774. The molecule has 0 bridgehead atoms. The van der Waals surface area contributed by atoms with Crippen LogP contribution < -0.4 is 5.32 Å². The predicted octanol–water partition coefficient (Wildman–Crippen LogP) is 1.81. The zero-order valence-corrected chi connectivity index (χ0v) is 11.8. The highest BCUT2D eigenvalue weighted by Gasteiger charge is 2.35. The van der Waals surface area contributed by atoms with E-state index in [4.69, 9.17) is 9.52 Å². The highest BCUT2D eigenvalue weighted by Crippen LogP contribution is 2.31. The molecule has 1 unspecified atom stereocenters. The molecule has 1 saturated carbocycles. The van der Waals surface area contributed by atoms with E-state index < -0.39 is 11.6 Å². The number of carboxylic acid groups (broad SMARTS) is 1. The minimum absolute atomic E-state index is 0.211. The standard InChI is InChI=1S/C15H23NO4/c1-11(9-13-3-2-8-20-13)16-10-15(19)6-4-12(5-7-15)14(17)18/h2-3,8,11-12,16,19H,4-7,9-10H2,1H3,(H,17,18). The van der Waals surface area contributed by atoms with Gasteiger partial charge in [0.2, 0.25) is 0 Å². The van der Waals surface area contributed by atoms with Gasteiger partial charge in [-0.1, -0.05) is 0 Å². The lowest BCUT2D eigenvalue weighted by Gasteiger charge is -2.35. The summed E-state index contributed by atoms with van der Waals surface area (Å²) in [5, 5.41) is 22.7. The van der Waals surface area contributed by atoms with Gasteiger partial charge >= 0.3 is 5.97 Å².